The molecule has 0 spiro atoms. The van der Waals surface area contributed by atoms with Crippen molar-refractivity contribution in [2.75, 3.05) is 6.54 Å². The second-order valence-electron chi connectivity index (χ2n) is 4.65. The first kappa shape index (κ1) is 14.0. The molecule has 0 atom stereocenters. The Labute approximate surface area is 103 Å². The maximum atomic E-state index is 5.34. The Hall–Kier alpha value is -0.0400. The number of guanidine groups is 1. The second kappa shape index (κ2) is 5.75. The van der Waals surface area contributed by atoms with Gasteiger partial charge in [0.15, 0.2) is 0 Å². The normalized spacial score (nSPS) is 17.3. The van der Waals surface area contributed by atoms with Crippen LogP contribution in [0.4, 0.5) is 0 Å². The number of halogens is 1. The van der Waals surface area contributed by atoms with E-state index in [1.165, 1.54) is 12.8 Å². The van der Waals surface area contributed by atoms with Crippen LogP contribution in [0, 0.1) is 5.92 Å². The maximum Gasteiger partial charge on any atom is 0.206 e. The van der Waals surface area contributed by atoms with E-state index in [4.69, 9.17) is 5.84 Å². The van der Waals surface area contributed by atoms with Gasteiger partial charge in [0, 0.05) is 12.1 Å². The van der Waals surface area contributed by atoms with Crippen LogP contribution in [0.2, 0.25) is 0 Å². The van der Waals surface area contributed by atoms with E-state index in [1.54, 1.807) is 0 Å². The molecule has 0 saturated heterocycles. The summed E-state index contributed by atoms with van der Waals surface area (Å²) in [6, 6.07) is 0. The summed E-state index contributed by atoms with van der Waals surface area (Å²) in [6.45, 7) is 7.13. The standard InChI is InChI=1S/C9H20N4.HI/c1-9(2,3)12-8(13-10)11-6-7-4-5-7;/h7H,4-6,10H2,1-3H3,(H2,11,12,13);1H/p-1. The van der Waals surface area contributed by atoms with Gasteiger partial charge in [0.05, 0.1) is 0 Å². The molecule has 0 amide bonds. The zero-order chi connectivity index (χ0) is 9.90. The van der Waals surface area contributed by atoms with E-state index in [2.05, 4.69) is 36.5 Å². The van der Waals surface area contributed by atoms with Crippen LogP contribution in [0.5, 0.6) is 0 Å². The first-order chi connectivity index (χ1) is 6.01. The third-order valence-corrected chi connectivity index (χ3v) is 1.83. The molecule has 0 aromatic rings. The highest BCUT2D eigenvalue weighted by Crippen LogP contribution is 2.28. The summed E-state index contributed by atoms with van der Waals surface area (Å²) >= 11 is 0. The van der Waals surface area contributed by atoms with Crippen LogP contribution in [0.25, 0.3) is 0 Å². The zero-order valence-corrected chi connectivity index (χ0v) is 11.3. The van der Waals surface area contributed by atoms with E-state index in [0.717, 1.165) is 12.5 Å². The lowest BCUT2D eigenvalue weighted by atomic mass is 10.1. The van der Waals surface area contributed by atoms with Gasteiger partial charge in [-0.05, 0) is 39.5 Å². The number of hydrazine groups is 1. The fraction of sp³-hybridized carbons (Fsp3) is 0.889. The van der Waals surface area contributed by atoms with Gasteiger partial charge in [-0.1, -0.05) is 0 Å². The predicted molar refractivity (Wildman–Crippen MR) is 55.2 cm³/mol. The molecule has 84 valence electrons. The fourth-order valence-electron chi connectivity index (χ4n) is 0.997. The molecule has 0 aromatic heterocycles. The lowest BCUT2D eigenvalue weighted by molar-refractivity contribution is -0.00000385. The van der Waals surface area contributed by atoms with Gasteiger partial charge in [-0.2, -0.15) is 0 Å². The summed E-state index contributed by atoms with van der Waals surface area (Å²) in [7, 11) is 0. The number of nitrogens with two attached hydrogens (primary N) is 1. The van der Waals surface area contributed by atoms with Crippen LogP contribution in [-0.2, 0) is 0 Å². The molecule has 1 rings (SSSR count). The monoisotopic (exact) mass is 311 g/mol. The van der Waals surface area contributed by atoms with Crippen molar-refractivity contribution in [2.24, 2.45) is 16.8 Å². The molecule has 1 aliphatic carbocycles. The van der Waals surface area contributed by atoms with Crippen LogP contribution in [0.15, 0.2) is 4.99 Å². The van der Waals surface area contributed by atoms with Crippen molar-refractivity contribution in [1.82, 2.24) is 10.7 Å². The minimum absolute atomic E-state index is 0. The molecule has 14 heavy (non-hydrogen) atoms. The van der Waals surface area contributed by atoms with E-state index < -0.39 is 0 Å². The van der Waals surface area contributed by atoms with Crippen molar-refractivity contribution in [1.29, 1.82) is 0 Å². The molecule has 1 fully saturated rings. The Balaban J connectivity index is 0.00000169. The number of nitrogens with zero attached hydrogens (tertiary/aromatic N) is 1. The Morgan fingerprint density at radius 1 is 1.43 bits per heavy atom. The number of rotatable bonds is 2. The second-order valence-corrected chi connectivity index (χ2v) is 4.65. The molecular weight excluding hydrogens is 291 g/mol. The summed E-state index contributed by atoms with van der Waals surface area (Å²) in [5.74, 6) is 6.83. The van der Waals surface area contributed by atoms with Gasteiger partial charge in [-0.3, -0.25) is 10.4 Å². The number of hydrogen-bond donors (Lipinski definition) is 3. The molecule has 0 heterocycles. The maximum absolute atomic E-state index is 5.34. The molecule has 4 nitrogen and oxygen atoms in total. The molecule has 0 aliphatic heterocycles. The molecule has 0 radical (unpaired) electrons. The zero-order valence-electron chi connectivity index (χ0n) is 9.10. The van der Waals surface area contributed by atoms with Crippen LogP contribution >= 0.6 is 0 Å². The third kappa shape index (κ3) is 6.42. The number of nitrogens with one attached hydrogen (secondary N) is 2. The highest BCUT2D eigenvalue weighted by molar-refractivity contribution is 5.79. The van der Waals surface area contributed by atoms with E-state index in [1.807, 2.05) is 0 Å². The van der Waals surface area contributed by atoms with Gasteiger partial charge < -0.3 is 29.3 Å². The fourth-order valence-corrected chi connectivity index (χ4v) is 0.997. The smallest absolute Gasteiger partial charge is 0.206 e. The number of hydrogen-bond acceptors (Lipinski definition) is 2. The molecule has 1 saturated carbocycles. The molecule has 5 heteroatoms. The number of aliphatic imine (C=N–C) groups is 1. The van der Waals surface area contributed by atoms with Crippen molar-refractivity contribution < 1.29 is 24.0 Å². The predicted octanol–water partition coefficient (Wildman–Crippen LogP) is -2.39. The average molecular weight is 311 g/mol. The van der Waals surface area contributed by atoms with Gasteiger partial charge in [0.2, 0.25) is 5.96 Å². The minimum Gasteiger partial charge on any atom is -1.00 e. The van der Waals surface area contributed by atoms with Gasteiger partial charge >= 0.3 is 0 Å². The van der Waals surface area contributed by atoms with Crippen molar-refractivity contribution >= 4 is 5.96 Å². The summed E-state index contributed by atoms with van der Waals surface area (Å²) < 4.78 is 0. The quantitative estimate of drug-likeness (QED) is 0.175. The molecule has 0 bridgehead atoms. The van der Waals surface area contributed by atoms with Crippen LogP contribution in [0.1, 0.15) is 33.6 Å². The molecule has 4 N–H and O–H groups in total. The molecule has 1 aliphatic rings. The molecule has 0 unspecified atom stereocenters. The van der Waals surface area contributed by atoms with Gasteiger partial charge in [-0.25, -0.2) is 5.84 Å². The highest BCUT2D eigenvalue weighted by atomic mass is 127. The first-order valence-corrected chi connectivity index (χ1v) is 4.80. The topological polar surface area (TPSA) is 62.4 Å². The summed E-state index contributed by atoms with van der Waals surface area (Å²) in [5, 5.41) is 3.20. The van der Waals surface area contributed by atoms with Crippen molar-refractivity contribution in [3.63, 3.8) is 0 Å². The van der Waals surface area contributed by atoms with Gasteiger partial charge in [0.25, 0.3) is 0 Å². The first-order valence-electron chi connectivity index (χ1n) is 4.80. The molecule has 0 aromatic carbocycles. The summed E-state index contributed by atoms with van der Waals surface area (Å²) in [6.07, 6.45) is 2.63. The Kier molecular flexibility index (Phi) is 5.73. The summed E-state index contributed by atoms with van der Waals surface area (Å²) in [5.41, 5.74) is 2.59. The average Bonchev–Trinajstić information content (AvgIpc) is 2.78. The minimum atomic E-state index is 0. The SMILES string of the molecule is CC(C)(C)NC(=NCC1CC1)NN.[I-]. The van der Waals surface area contributed by atoms with Crippen molar-refractivity contribution in [3.8, 4) is 0 Å². The van der Waals surface area contributed by atoms with Gasteiger partial charge in [-0.15, -0.1) is 0 Å². The van der Waals surface area contributed by atoms with Crippen molar-refractivity contribution in [3.05, 3.63) is 0 Å². The van der Waals surface area contributed by atoms with E-state index in [9.17, 15) is 0 Å². The lowest BCUT2D eigenvalue weighted by Crippen LogP contribution is -3.00. The summed E-state index contributed by atoms with van der Waals surface area (Å²) in [4.78, 5) is 4.36. The van der Waals surface area contributed by atoms with Crippen LogP contribution in [-0.4, -0.2) is 18.0 Å². The van der Waals surface area contributed by atoms with Crippen LogP contribution in [0.3, 0.4) is 0 Å². The Morgan fingerprint density at radius 3 is 2.36 bits per heavy atom. The Morgan fingerprint density at radius 2 is 2.00 bits per heavy atom. The van der Waals surface area contributed by atoms with Crippen LogP contribution < -0.4 is 40.6 Å². The lowest BCUT2D eigenvalue weighted by Gasteiger charge is -2.22. The van der Waals surface area contributed by atoms with E-state index >= 15 is 0 Å². The third-order valence-electron chi connectivity index (χ3n) is 1.83. The van der Waals surface area contributed by atoms with Crippen molar-refractivity contribution in [2.45, 2.75) is 39.2 Å². The van der Waals surface area contributed by atoms with E-state index in [-0.39, 0.29) is 29.5 Å². The highest BCUT2D eigenvalue weighted by Gasteiger charge is 2.21. The Bertz CT molecular complexity index is 193. The van der Waals surface area contributed by atoms with E-state index in [0.29, 0.717) is 5.96 Å². The largest absolute Gasteiger partial charge is 1.00 e. The molecular formula is C9H20IN4-. The van der Waals surface area contributed by atoms with Gasteiger partial charge in [0.1, 0.15) is 0 Å².